The summed E-state index contributed by atoms with van der Waals surface area (Å²) in [6, 6.07) is 12.7. The van der Waals surface area contributed by atoms with Crippen molar-refractivity contribution in [1.82, 2.24) is 10.3 Å². The van der Waals surface area contributed by atoms with Crippen LogP contribution in [0.15, 0.2) is 47.8 Å². The standard InChI is InChI=1S/C16H18N4O/c17-16(20-21)15-13(6-3-7-18-15)10-19-14-8-11-4-1-2-5-12(11)9-14/h1-7,14,19,21H,8-10H2,(H2,17,20). The summed E-state index contributed by atoms with van der Waals surface area (Å²) >= 11 is 0. The number of nitrogens with zero attached hydrogens (tertiary/aromatic N) is 2. The number of nitrogens with one attached hydrogen (secondary N) is 1. The Morgan fingerprint density at radius 2 is 1.95 bits per heavy atom. The van der Waals surface area contributed by atoms with Crippen LogP contribution in [0.2, 0.25) is 0 Å². The maximum absolute atomic E-state index is 8.81. The van der Waals surface area contributed by atoms with Crippen LogP contribution in [0, 0.1) is 0 Å². The van der Waals surface area contributed by atoms with Crippen molar-refractivity contribution in [2.24, 2.45) is 10.9 Å². The van der Waals surface area contributed by atoms with Gasteiger partial charge in [-0.15, -0.1) is 0 Å². The average Bonchev–Trinajstić information content (AvgIpc) is 2.95. The molecule has 1 heterocycles. The van der Waals surface area contributed by atoms with E-state index in [9.17, 15) is 0 Å². The Balaban J connectivity index is 1.67. The molecule has 0 bridgehead atoms. The van der Waals surface area contributed by atoms with Crippen molar-refractivity contribution in [3.05, 3.63) is 65.0 Å². The van der Waals surface area contributed by atoms with E-state index >= 15 is 0 Å². The van der Waals surface area contributed by atoms with Gasteiger partial charge in [-0.05, 0) is 35.6 Å². The normalized spacial score (nSPS) is 15.1. The van der Waals surface area contributed by atoms with Crippen molar-refractivity contribution in [3.63, 3.8) is 0 Å². The van der Waals surface area contributed by atoms with E-state index in [0.717, 1.165) is 18.4 Å². The first-order chi connectivity index (χ1) is 10.3. The molecule has 5 nitrogen and oxygen atoms in total. The lowest BCUT2D eigenvalue weighted by Gasteiger charge is -2.13. The number of aromatic nitrogens is 1. The van der Waals surface area contributed by atoms with Crippen LogP contribution >= 0.6 is 0 Å². The molecular formula is C16H18N4O. The molecule has 0 spiro atoms. The molecule has 5 heteroatoms. The topological polar surface area (TPSA) is 83.5 Å². The van der Waals surface area contributed by atoms with E-state index in [0.29, 0.717) is 18.3 Å². The second-order valence-corrected chi connectivity index (χ2v) is 5.25. The van der Waals surface area contributed by atoms with Crippen molar-refractivity contribution in [3.8, 4) is 0 Å². The van der Waals surface area contributed by atoms with E-state index in [-0.39, 0.29) is 5.84 Å². The predicted octanol–water partition coefficient (Wildman–Crippen LogP) is 1.43. The summed E-state index contributed by atoms with van der Waals surface area (Å²) in [5.41, 5.74) is 9.95. The second kappa shape index (κ2) is 5.93. The fraction of sp³-hybridized carbons (Fsp3) is 0.250. The third kappa shape index (κ3) is 2.87. The lowest BCUT2D eigenvalue weighted by atomic mass is 10.1. The minimum absolute atomic E-state index is 0.0436. The molecule has 0 atom stereocenters. The number of oxime groups is 1. The highest BCUT2D eigenvalue weighted by Crippen LogP contribution is 2.22. The molecule has 21 heavy (non-hydrogen) atoms. The van der Waals surface area contributed by atoms with Gasteiger partial charge in [-0.1, -0.05) is 35.5 Å². The molecule has 108 valence electrons. The Kier molecular flexibility index (Phi) is 3.83. The van der Waals surface area contributed by atoms with Gasteiger partial charge in [0, 0.05) is 18.8 Å². The highest BCUT2D eigenvalue weighted by molar-refractivity contribution is 5.96. The van der Waals surface area contributed by atoms with Gasteiger partial charge in [0.05, 0.1) is 0 Å². The Morgan fingerprint density at radius 1 is 1.24 bits per heavy atom. The molecule has 0 fully saturated rings. The Labute approximate surface area is 123 Å². The zero-order valence-corrected chi connectivity index (χ0v) is 11.7. The zero-order chi connectivity index (χ0) is 14.7. The van der Waals surface area contributed by atoms with Crippen LogP contribution in [-0.4, -0.2) is 22.1 Å². The number of rotatable bonds is 4. The van der Waals surface area contributed by atoms with Gasteiger partial charge in [0.2, 0.25) is 0 Å². The van der Waals surface area contributed by atoms with Gasteiger partial charge < -0.3 is 16.3 Å². The fourth-order valence-corrected chi connectivity index (χ4v) is 2.82. The molecule has 0 unspecified atom stereocenters. The van der Waals surface area contributed by atoms with Gasteiger partial charge >= 0.3 is 0 Å². The van der Waals surface area contributed by atoms with Crippen LogP contribution in [0.25, 0.3) is 0 Å². The highest BCUT2D eigenvalue weighted by Gasteiger charge is 2.20. The second-order valence-electron chi connectivity index (χ2n) is 5.25. The SMILES string of the molecule is N/C(=N/O)c1ncccc1CNC1Cc2ccccc2C1. The first kappa shape index (κ1) is 13.6. The van der Waals surface area contributed by atoms with E-state index in [1.807, 2.05) is 12.1 Å². The van der Waals surface area contributed by atoms with Gasteiger partial charge in [0.1, 0.15) is 5.69 Å². The molecule has 0 aliphatic heterocycles. The summed E-state index contributed by atoms with van der Waals surface area (Å²) in [7, 11) is 0. The molecule has 1 aromatic carbocycles. The summed E-state index contributed by atoms with van der Waals surface area (Å²) < 4.78 is 0. The van der Waals surface area contributed by atoms with Crippen LogP contribution in [0.5, 0.6) is 0 Å². The number of benzene rings is 1. The number of nitrogens with two attached hydrogens (primary N) is 1. The third-order valence-corrected chi connectivity index (χ3v) is 3.87. The Bertz CT molecular complexity index is 644. The molecule has 3 rings (SSSR count). The number of hydrogen-bond acceptors (Lipinski definition) is 4. The predicted molar refractivity (Wildman–Crippen MR) is 81.2 cm³/mol. The van der Waals surface area contributed by atoms with Gasteiger partial charge in [0.15, 0.2) is 5.84 Å². The summed E-state index contributed by atoms with van der Waals surface area (Å²) in [6.07, 6.45) is 3.72. The van der Waals surface area contributed by atoms with E-state index < -0.39 is 0 Å². The summed E-state index contributed by atoms with van der Waals surface area (Å²) in [4.78, 5) is 4.18. The van der Waals surface area contributed by atoms with Crippen molar-refractivity contribution in [2.75, 3.05) is 0 Å². The number of amidine groups is 1. The highest BCUT2D eigenvalue weighted by atomic mass is 16.4. The molecule has 1 aromatic heterocycles. The van der Waals surface area contributed by atoms with Crippen molar-refractivity contribution in [1.29, 1.82) is 0 Å². The summed E-state index contributed by atoms with van der Waals surface area (Å²) in [5.74, 6) is 0.0436. The molecule has 2 aromatic rings. The van der Waals surface area contributed by atoms with Gasteiger partial charge in [-0.25, -0.2) is 0 Å². The number of hydrogen-bond donors (Lipinski definition) is 3. The summed E-state index contributed by atoms with van der Waals surface area (Å²) in [6.45, 7) is 0.651. The van der Waals surface area contributed by atoms with Crippen LogP contribution in [0.3, 0.4) is 0 Å². The van der Waals surface area contributed by atoms with E-state index in [4.69, 9.17) is 10.9 Å². The Hall–Kier alpha value is -2.40. The molecule has 0 radical (unpaired) electrons. The van der Waals surface area contributed by atoms with E-state index in [1.54, 1.807) is 6.20 Å². The fourth-order valence-electron chi connectivity index (χ4n) is 2.82. The van der Waals surface area contributed by atoms with Crippen LogP contribution in [-0.2, 0) is 19.4 Å². The van der Waals surface area contributed by atoms with Crippen LogP contribution < -0.4 is 11.1 Å². The lowest BCUT2D eigenvalue weighted by molar-refractivity contribution is 0.318. The minimum Gasteiger partial charge on any atom is -0.409 e. The minimum atomic E-state index is 0.0436. The maximum atomic E-state index is 8.81. The molecule has 0 saturated heterocycles. The van der Waals surface area contributed by atoms with Crippen LogP contribution in [0.4, 0.5) is 0 Å². The smallest absolute Gasteiger partial charge is 0.189 e. The third-order valence-electron chi connectivity index (χ3n) is 3.87. The molecule has 4 N–H and O–H groups in total. The first-order valence-corrected chi connectivity index (χ1v) is 7.00. The molecule has 1 aliphatic rings. The van der Waals surface area contributed by atoms with Crippen LogP contribution in [0.1, 0.15) is 22.4 Å². The monoisotopic (exact) mass is 282 g/mol. The van der Waals surface area contributed by atoms with Crippen molar-refractivity contribution < 1.29 is 5.21 Å². The molecule has 1 aliphatic carbocycles. The molecular weight excluding hydrogens is 264 g/mol. The van der Waals surface area contributed by atoms with Gasteiger partial charge in [0.25, 0.3) is 0 Å². The summed E-state index contributed by atoms with van der Waals surface area (Å²) in [5, 5.41) is 15.4. The first-order valence-electron chi connectivity index (χ1n) is 7.00. The van der Waals surface area contributed by atoms with Gasteiger partial charge in [-0.3, -0.25) is 4.98 Å². The quantitative estimate of drug-likeness (QED) is 0.343. The van der Waals surface area contributed by atoms with E-state index in [1.165, 1.54) is 11.1 Å². The van der Waals surface area contributed by atoms with Crippen molar-refractivity contribution >= 4 is 5.84 Å². The largest absolute Gasteiger partial charge is 0.409 e. The van der Waals surface area contributed by atoms with Gasteiger partial charge in [-0.2, -0.15) is 0 Å². The number of pyridine rings is 1. The Morgan fingerprint density at radius 3 is 2.62 bits per heavy atom. The average molecular weight is 282 g/mol. The van der Waals surface area contributed by atoms with E-state index in [2.05, 4.69) is 39.7 Å². The lowest BCUT2D eigenvalue weighted by Crippen LogP contribution is -2.30. The number of fused-ring (bicyclic) bond motifs is 1. The molecule has 0 amide bonds. The molecule has 0 saturated carbocycles. The maximum Gasteiger partial charge on any atom is 0.189 e. The zero-order valence-electron chi connectivity index (χ0n) is 11.7. The van der Waals surface area contributed by atoms with Crippen molar-refractivity contribution in [2.45, 2.75) is 25.4 Å².